The van der Waals surface area contributed by atoms with Crippen molar-refractivity contribution in [3.05, 3.63) is 90.0 Å². The van der Waals surface area contributed by atoms with Crippen molar-refractivity contribution in [2.24, 2.45) is 0 Å². The zero-order valence-electron chi connectivity index (χ0n) is 11.8. The van der Waals surface area contributed by atoms with Crippen LogP contribution in [0.25, 0.3) is 0 Å². The van der Waals surface area contributed by atoms with Crippen LogP contribution in [0.2, 0.25) is 0 Å². The molecule has 0 fully saturated rings. The second kappa shape index (κ2) is 6.58. The molecule has 2 aromatic heterocycles. The summed E-state index contributed by atoms with van der Waals surface area (Å²) in [6.45, 7) is 0. The van der Waals surface area contributed by atoms with Gasteiger partial charge < -0.3 is 5.32 Å². The van der Waals surface area contributed by atoms with E-state index in [0.717, 1.165) is 11.1 Å². The van der Waals surface area contributed by atoms with Crippen LogP contribution in [0.4, 0.5) is 0 Å². The lowest BCUT2D eigenvalue weighted by Crippen LogP contribution is -2.29. The molecule has 0 spiro atoms. The molecule has 1 atom stereocenters. The van der Waals surface area contributed by atoms with Gasteiger partial charge in [0.2, 0.25) is 0 Å². The normalized spacial score (nSPS) is 11.6. The molecule has 1 unspecified atom stereocenters. The summed E-state index contributed by atoms with van der Waals surface area (Å²) in [4.78, 5) is 16.4. The molecule has 1 aromatic carbocycles. The number of amides is 1. The van der Waals surface area contributed by atoms with E-state index in [4.69, 9.17) is 0 Å². The summed E-state index contributed by atoms with van der Waals surface area (Å²) >= 11 is 0. The van der Waals surface area contributed by atoms with Crippen LogP contribution in [0, 0.1) is 0 Å². The molecule has 5 heteroatoms. The van der Waals surface area contributed by atoms with Gasteiger partial charge in [-0.3, -0.25) is 9.78 Å². The SMILES string of the molecule is O=C(NC(c1ccccc1)c1ccncc1)c1ccnnc1. The molecule has 22 heavy (non-hydrogen) atoms. The van der Waals surface area contributed by atoms with Crippen molar-refractivity contribution in [1.29, 1.82) is 0 Å². The smallest absolute Gasteiger partial charge is 0.253 e. The van der Waals surface area contributed by atoms with Crippen molar-refractivity contribution in [3.63, 3.8) is 0 Å². The van der Waals surface area contributed by atoms with Crippen molar-refractivity contribution in [1.82, 2.24) is 20.5 Å². The fourth-order valence-electron chi connectivity index (χ4n) is 2.20. The minimum Gasteiger partial charge on any atom is -0.341 e. The maximum atomic E-state index is 12.4. The third-order valence-electron chi connectivity index (χ3n) is 3.29. The summed E-state index contributed by atoms with van der Waals surface area (Å²) in [6, 6.07) is 15.0. The van der Waals surface area contributed by atoms with Crippen molar-refractivity contribution in [3.8, 4) is 0 Å². The number of aromatic nitrogens is 3. The van der Waals surface area contributed by atoms with Crippen LogP contribution in [0.3, 0.4) is 0 Å². The first kappa shape index (κ1) is 13.9. The van der Waals surface area contributed by atoms with Gasteiger partial charge in [0.1, 0.15) is 0 Å². The average molecular weight is 290 g/mol. The molecule has 0 saturated heterocycles. The molecule has 1 amide bonds. The molecule has 1 N–H and O–H groups in total. The standard InChI is InChI=1S/C17H14N4O/c22-17(15-8-11-19-20-12-15)21-16(13-4-2-1-3-5-13)14-6-9-18-10-7-14/h1-12,16H,(H,21,22). The molecule has 0 radical (unpaired) electrons. The first-order chi connectivity index (χ1) is 10.8. The molecule has 5 nitrogen and oxygen atoms in total. The molecule has 108 valence electrons. The second-order valence-corrected chi connectivity index (χ2v) is 4.73. The summed E-state index contributed by atoms with van der Waals surface area (Å²) in [5.74, 6) is -0.194. The number of hydrogen-bond acceptors (Lipinski definition) is 4. The summed E-state index contributed by atoms with van der Waals surface area (Å²) in [5.41, 5.74) is 2.45. The summed E-state index contributed by atoms with van der Waals surface area (Å²) < 4.78 is 0. The Bertz CT molecular complexity index is 693. The topological polar surface area (TPSA) is 67.8 Å². The Morgan fingerprint density at radius 2 is 1.59 bits per heavy atom. The van der Waals surface area contributed by atoms with E-state index >= 15 is 0 Å². The molecular weight excluding hydrogens is 276 g/mol. The number of hydrogen-bond donors (Lipinski definition) is 1. The Morgan fingerprint density at radius 3 is 2.27 bits per heavy atom. The molecule has 2 heterocycles. The fraction of sp³-hybridized carbons (Fsp3) is 0.0588. The van der Waals surface area contributed by atoms with E-state index in [0.29, 0.717) is 5.56 Å². The molecule has 3 aromatic rings. The van der Waals surface area contributed by atoms with Gasteiger partial charge >= 0.3 is 0 Å². The quantitative estimate of drug-likeness (QED) is 0.801. The second-order valence-electron chi connectivity index (χ2n) is 4.73. The van der Waals surface area contributed by atoms with Crippen LogP contribution in [0.15, 0.2) is 73.3 Å². The van der Waals surface area contributed by atoms with E-state index < -0.39 is 0 Å². The summed E-state index contributed by atoms with van der Waals surface area (Å²) in [6.07, 6.45) is 6.37. The first-order valence-corrected chi connectivity index (χ1v) is 6.87. The lowest BCUT2D eigenvalue weighted by Gasteiger charge is -2.19. The van der Waals surface area contributed by atoms with Crippen LogP contribution < -0.4 is 5.32 Å². The van der Waals surface area contributed by atoms with Crippen LogP contribution in [0.1, 0.15) is 27.5 Å². The van der Waals surface area contributed by atoms with E-state index in [-0.39, 0.29) is 11.9 Å². The van der Waals surface area contributed by atoms with Crippen LogP contribution in [-0.2, 0) is 0 Å². The Kier molecular flexibility index (Phi) is 4.15. The molecule has 0 aliphatic carbocycles. The van der Waals surface area contributed by atoms with Gasteiger partial charge in [-0.15, -0.1) is 0 Å². The van der Waals surface area contributed by atoms with Gasteiger partial charge in [-0.25, -0.2) is 0 Å². The number of carbonyl (C=O) groups excluding carboxylic acids is 1. The van der Waals surface area contributed by atoms with Gasteiger partial charge in [0.15, 0.2) is 0 Å². The fourth-order valence-corrected chi connectivity index (χ4v) is 2.20. The van der Waals surface area contributed by atoms with E-state index in [1.807, 2.05) is 42.5 Å². The van der Waals surface area contributed by atoms with E-state index in [1.54, 1.807) is 18.5 Å². The van der Waals surface area contributed by atoms with Gasteiger partial charge in [-0.2, -0.15) is 10.2 Å². The zero-order valence-corrected chi connectivity index (χ0v) is 11.8. The molecular formula is C17H14N4O. The van der Waals surface area contributed by atoms with Crippen molar-refractivity contribution in [2.75, 3.05) is 0 Å². The highest BCUT2D eigenvalue weighted by Gasteiger charge is 2.17. The predicted molar refractivity (Wildman–Crippen MR) is 82.0 cm³/mol. The minimum atomic E-state index is -0.245. The first-order valence-electron chi connectivity index (χ1n) is 6.87. The number of nitrogens with zero attached hydrogens (tertiary/aromatic N) is 3. The van der Waals surface area contributed by atoms with Crippen molar-refractivity contribution >= 4 is 5.91 Å². The maximum Gasteiger partial charge on any atom is 0.253 e. The molecule has 0 aliphatic rings. The third kappa shape index (κ3) is 3.15. The van der Waals surface area contributed by atoms with Crippen LogP contribution in [0.5, 0.6) is 0 Å². The lowest BCUT2D eigenvalue weighted by molar-refractivity contribution is 0.0942. The Labute approximate surface area is 128 Å². The van der Waals surface area contributed by atoms with Gasteiger partial charge in [0.25, 0.3) is 5.91 Å². The molecule has 0 bridgehead atoms. The van der Waals surface area contributed by atoms with Crippen LogP contribution in [-0.4, -0.2) is 21.1 Å². The monoisotopic (exact) mass is 290 g/mol. The summed E-state index contributed by atoms with van der Waals surface area (Å²) in [5, 5.41) is 10.5. The number of pyridine rings is 1. The number of rotatable bonds is 4. The number of carbonyl (C=O) groups is 1. The Balaban J connectivity index is 1.91. The number of benzene rings is 1. The van der Waals surface area contributed by atoms with E-state index in [2.05, 4.69) is 20.5 Å². The maximum absolute atomic E-state index is 12.4. The highest BCUT2D eigenvalue weighted by atomic mass is 16.1. The number of nitrogens with one attached hydrogen (secondary N) is 1. The van der Waals surface area contributed by atoms with Gasteiger partial charge in [0, 0.05) is 12.4 Å². The van der Waals surface area contributed by atoms with Crippen molar-refractivity contribution in [2.45, 2.75) is 6.04 Å². The zero-order chi connectivity index (χ0) is 15.2. The van der Waals surface area contributed by atoms with Crippen molar-refractivity contribution < 1.29 is 4.79 Å². The van der Waals surface area contributed by atoms with E-state index in [9.17, 15) is 4.79 Å². The van der Waals surface area contributed by atoms with E-state index in [1.165, 1.54) is 12.4 Å². The Hall–Kier alpha value is -3.08. The van der Waals surface area contributed by atoms with Crippen LogP contribution >= 0.6 is 0 Å². The van der Waals surface area contributed by atoms with Gasteiger partial charge in [0.05, 0.1) is 24.0 Å². The predicted octanol–water partition coefficient (Wildman–Crippen LogP) is 2.39. The molecule has 0 aliphatic heterocycles. The lowest BCUT2D eigenvalue weighted by atomic mass is 9.99. The molecule has 0 saturated carbocycles. The highest BCUT2D eigenvalue weighted by molar-refractivity contribution is 5.94. The largest absolute Gasteiger partial charge is 0.341 e. The minimum absolute atomic E-state index is 0.194. The average Bonchev–Trinajstić information content (AvgIpc) is 2.62. The van der Waals surface area contributed by atoms with Gasteiger partial charge in [-0.1, -0.05) is 30.3 Å². The Morgan fingerprint density at radius 1 is 0.864 bits per heavy atom. The molecule has 3 rings (SSSR count). The highest BCUT2D eigenvalue weighted by Crippen LogP contribution is 2.21. The summed E-state index contributed by atoms with van der Waals surface area (Å²) in [7, 11) is 0. The van der Waals surface area contributed by atoms with Gasteiger partial charge in [-0.05, 0) is 29.3 Å². The third-order valence-corrected chi connectivity index (χ3v) is 3.29.